The smallest absolute Gasteiger partial charge is 0.162 e. The minimum Gasteiger partial charge on any atom is -0.394 e. The number of benzene rings is 1. The lowest BCUT2D eigenvalue weighted by molar-refractivity contribution is 0.0992. The van der Waals surface area contributed by atoms with E-state index >= 15 is 0 Å². The third-order valence-electron chi connectivity index (χ3n) is 3.91. The third kappa shape index (κ3) is 4.25. The Bertz CT molecular complexity index is 855. The van der Waals surface area contributed by atoms with Gasteiger partial charge < -0.3 is 20.1 Å². The average Bonchev–Trinajstić information content (AvgIpc) is 2.67. The number of anilines is 2. The molecular formula is C19H23N5O2. The molecule has 0 radical (unpaired) electrons. The molecule has 0 aliphatic rings. The second-order valence-corrected chi connectivity index (χ2v) is 5.99. The van der Waals surface area contributed by atoms with Crippen LogP contribution in [-0.4, -0.2) is 60.5 Å². The topological polar surface area (TPSA) is 83.4 Å². The highest BCUT2D eigenvalue weighted by atomic mass is 16.5. The molecule has 2 heterocycles. The SMILES string of the molecule is CN(C)c1ccc2nc(-c3ccncc3)nc(NCCOCCO)c2c1. The minimum absolute atomic E-state index is 0.0226. The number of pyridine rings is 1. The molecule has 0 atom stereocenters. The Hall–Kier alpha value is -2.77. The molecular weight excluding hydrogens is 330 g/mol. The fraction of sp³-hybridized carbons (Fsp3) is 0.316. The van der Waals surface area contributed by atoms with E-state index in [9.17, 15) is 0 Å². The first-order chi connectivity index (χ1) is 12.7. The van der Waals surface area contributed by atoms with Crippen LogP contribution in [0.5, 0.6) is 0 Å². The molecule has 2 N–H and O–H groups in total. The fourth-order valence-corrected chi connectivity index (χ4v) is 2.57. The van der Waals surface area contributed by atoms with Crippen molar-refractivity contribution < 1.29 is 9.84 Å². The molecule has 3 rings (SSSR count). The first kappa shape index (κ1) is 18.0. The van der Waals surface area contributed by atoms with Gasteiger partial charge in [0.15, 0.2) is 5.82 Å². The van der Waals surface area contributed by atoms with Gasteiger partial charge in [0.1, 0.15) is 5.82 Å². The molecule has 0 fully saturated rings. The third-order valence-corrected chi connectivity index (χ3v) is 3.91. The number of ether oxygens (including phenoxy) is 1. The van der Waals surface area contributed by atoms with Gasteiger partial charge in [0, 0.05) is 49.7 Å². The van der Waals surface area contributed by atoms with Gasteiger partial charge in [-0.25, -0.2) is 9.97 Å². The lowest BCUT2D eigenvalue weighted by Crippen LogP contribution is -2.13. The van der Waals surface area contributed by atoms with Crippen molar-refractivity contribution in [2.24, 2.45) is 0 Å². The summed E-state index contributed by atoms with van der Waals surface area (Å²) < 4.78 is 5.32. The van der Waals surface area contributed by atoms with Crippen molar-refractivity contribution in [1.29, 1.82) is 0 Å². The van der Waals surface area contributed by atoms with Crippen molar-refractivity contribution in [3.8, 4) is 11.4 Å². The van der Waals surface area contributed by atoms with Gasteiger partial charge in [-0.05, 0) is 30.3 Å². The highest BCUT2D eigenvalue weighted by Gasteiger charge is 2.11. The molecule has 1 aromatic carbocycles. The number of hydrogen-bond donors (Lipinski definition) is 2. The average molecular weight is 353 g/mol. The van der Waals surface area contributed by atoms with Crippen LogP contribution in [0.2, 0.25) is 0 Å². The standard InChI is InChI=1S/C19H23N5O2/c1-24(2)15-3-4-17-16(13-15)19(21-9-11-26-12-10-25)23-18(22-17)14-5-7-20-8-6-14/h3-8,13,25H,9-12H2,1-2H3,(H,21,22,23). The van der Waals surface area contributed by atoms with Crippen molar-refractivity contribution >= 4 is 22.4 Å². The summed E-state index contributed by atoms with van der Waals surface area (Å²) in [6, 6.07) is 9.90. The van der Waals surface area contributed by atoms with Gasteiger partial charge in [0.05, 0.1) is 25.3 Å². The van der Waals surface area contributed by atoms with Crippen LogP contribution in [0.25, 0.3) is 22.3 Å². The van der Waals surface area contributed by atoms with E-state index in [1.54, 1.807) is 12.4 Å². The molecule has 0 aliphatic carbocycles. The Kier molecular flexibility index (Phi) is 5.93. The van der Waals surface area contributed by atoms with Crippen LogP contribution in [0.15, 0.2) is 42.7 Å². The van der Waals surface area contributed by atoms with Gasteiger partial charge in [-0.2, -0.15) is 0 Å². The molecule has 7 heteroatoms. The van der Waals surface area contributed by atoms with E-state index in [-0.39, 0.29) is 6.61 Å². The Balaban J connectivity index is 1.97. The van der Waals surface area contributed by atoms with Crippen molar-refractivity contribution in [2.45, 2.75) is 0 Å². The Labute approximate surface area is 152 Å². The van der Waals surface area contributed by atoms with E-state index < -0.39 is 0 Å². The first-order valence-electron chi connectivity index (χ1n) is 8.51. The van der Waals surface area contributed by atoms with Crippen LogP contribution < -0.4 is 10.2 Å². The van der Waals surface area contributed by atoms with Crippen molar-refractivity contribution in [2.75, 3.05) is 50.7 Å². The zero-order valence-corrected chi connectivity index (χ0v) is 15.0. The zero-order valence-electron chi connectivity index (χ0n) is 15.0. The van der Waals surface area contributed by atoms with E-state index in [4.69, 9.17) is 19.8 Å². The van der Waals surface area contributed by atoms with Crippen molar-refractivity contribution in [1.82, 2.24) is 15.0 Å². The molecule has 2 aromatic heterocycles. The minimum atomic E-state index is 0.0226. The number of aliphatic hydroxyl groups excluding tert-OH is 1. The van der Waals surface area contributed by atoms with Gasteiger partial charge >= 0.3 is 0 Å². The van der Waals surface area contributed by atoms with Gasteiger partial charge in [-0.3, -0.25) is 4.98 Å². The number of hydrogen-bond acceptors (Lipinski definition) is 7. The number of fused-ring (bicyclic) bond motifs is 1. The molecule has 136 valence electrons. The predicted molar refractivity (Wildman–Crippen MR) is 103 cm³/mol. The van der Waals surface area contributed by atoms with E-state index in [1.165, 1.54) is 0 Å². The zero-order chi connectivity index (χ0) is 18.4. The van der Waals surface area contributed by atoms with Crippen molar-refractivity contribution in [3.63, 3.8) is 0 Å². The number of rotatable bonds is 8. The van der Waals surface area contributed by atoms with Crippen molar-refractivity contribution in [3.05, 3.63) is 42.7 Å². The number of nitrogens with zero attached hydrogens (tertiary/aromatic N) is 4. The Morgan fingerprint density at radius 1 is 1.08 bits per heavy atom. The van der Waals surface area contributed by atoms with Gasteiger partial charge in [-0.15, -0.1) is 0 Å². The number of nitrogens with one attached hydrogen (secondary N) is 1. The first-order valence-corrected chi connectivity index (χ1v) is 8.51. The molecule has 0 amide bonds. The molecule has 0 saturated carbocycles. The summed E-state index contributed by atoms with van der Waals surface area (Å²) in [6.07, 6.45) is 3.46. The maximum atomic E-state index is 8.79. The highest BCUT2D eigenvalue weighted by Crippen LogP contribution is 2.28. The number of aliphatic hydroxyl groups is 1. The molecule has 0 aliphatic heterocycles. The van der Waals surface area contributed by atoms with E-state index in [2.05, 4.69) is 16.4 Å². The highest BCUT2D eigenvalue weighted by molar-refractivity contribution is 5.93. The molecule has 0 unspecified atom stereocenters. The predicted octanol–water partition coefficient (Wildman–Crippen LogP) is 2.18. The summed E-state index contributed by atoms with van der Waals surface area (Å²) >= 11 is 0. The van der Waals surface area contributed by atoms with Crippen LogP contribution in [0, 0.1) is 0 Å². The second kappa shape index (κ2) is 8.55. The summed E-state index contributed by atoms with van der Waals surface area (Å²) in [7, 11) is 4.01. The maximum absolute atomic E-state index is 8.79. The monoisotopic (exact) mass is 353 g/mol. The van der Waals surface area contributed by atoms with Gasteiger partial charge in [0.25, 0.3) is 0 Å². The summed E-state index contributed by atoms with van der Waals surface area (Å²) in [4.78, 5) is 15.5. The second-order valence-electron chi connectivity index (χ2n) is 5.99. The largest absolute Gasteiger partial charge is 0.394 e. The normalized spacial score (nSPS) is 10.9. The van der Waals surface area contributed by atoms with Crippen LogP contribution in [0.1, 0.15) is 0 Å². The Morgan fingerprint density at radius 3 is 2.62 bits per heavy atom. The summed E-state index contributed by atoms with van der Waals surface area (Å²) in [5, 5.41) is 13.1. The molecule has 0 saturated heterocycles. The lowest BCUT2D eigenvalue weighted by atomic mass is 10.1. The quantitative estimate of drug-likeness (QED) is 0.601. The Morgan fingerprint density at radius 2 is 1.88 bits per heavy atom. The molecule has 26 heavy (non-hydrogen) atoms. The van der Waals surface area contributed by atoms with E-state index in [0.29, 0.717) is 25.6 Å². The molecule has 3 aromatic rings. The maximum Gasteiger partial charge on any atom is 0.162 e. The van der Waals surface area contributed by atoms with E-state index in [1.807, 2.05) is 43.3 Å². The molecule has 0 bridgehead atoms. The van der Waals surface area contributed by atoms with E-state index in [0.717, 1.165) is 28.0 Å². The summed E-state index contributed by atoms with van der Waals surface area (Å²) in [6.45, 7) is 1.44. The molecule has 0 spiro atoms. The fourth-order valence-electron chi connectivity index (χ4n) is 2.57. The van der Waals surface area contributed by atoms with Crippen LogP contribution in [-0.2, 0) is 4.74 Å². The molecule has 7 nitrogen and oxygen atoms in total. The van der Waals surface area contributed by atoms with Crippen LogP contribution >= 0.6 is 0 Å². The summed E-state index contributed by atoms with van der Waals surface area (Å²) in [5.74, 6) is 1.41. The van der Waals surface area contributed by atoms with Crippen LogP contribution in [0.3, 0.4) is 0 Å². The number of aromatic nitrogens is 3. The van der Waals surface area contributed by atoms with Gasteiger partial charge in [-0.1, -0.05) is 0 Å². The van der Waals surface area contributed by atoms with Crippen LogP contribution in [0.4, 0.5) is 11.5 Å². The van der Waals surface area contributed by atoms with Gasteiger partial charge in [0.2, 0.25) is 0 Å². The lowest BCUT2D eigenvalue weighted by Gasteiger charge is -2.15. The summed E-state index contributed by atoms with van der Waals surface area (Å²) in [5.41, 5.74) is 2.87.